The summed E-state index contributed by atoms with van der Waals surface area (Å²) in [5, 5.41) is 0. The molecule has 2 aliphatic rings. The average molecular weight is 282 g/mol. The highest BCUT2D eigenvalue weighted by molar-refractivity contribution is 8.13. The van der Waals surface area contributed by atoms with Gasteiger partial charge in [0.2, 0.25) is 9.05 Å². The van der Waals surface area contributed by atoms with Gasteiger partial charge in [-0.3, -0.25) is 0 Å². The number of likely N-dealkylation sites (tertiary alicyclic amines) is 1. The van der Waals surface area contributed by atoms with Crippen LogP contribution in [-0.2, 0) is 13.8 Å². The quantitative estimate of drug-likeness (QED) is 0.719. The van der Waals surface area contributed by atoms with Gasteiger partial charge >= 0.3 is 0 Å². The minimum absolute atomic E-state index is 0.0344. The van der Waals surface area contributed by atoms with Crippen LogP contribution in [0.25, 0.3) is 0 Å². The van der Waals surface area contributed by atoms with Crippen molar-refractivity contribution in [1.82, 2.24) is 4.90 Å². The first kappa shape index (κ1) is 13.6. The molecule has 0 aromatic carbocycles. The molecule has 0 radical (unpaired) electrons. The standard InChI is InChI=1S/C11H20ClNO3S/c1-13-6-2-3-11(4-7-13)5-8-16-10(11)9-17(12,14)15/h10H,2-9H2,1H3. The molecule has 100 valence electrons. The Hall–Kier alpha value is 0.160. The molecule has 2 fully saturated rings. The summed E-state index contributed by atoms with van der Waals surface area (Å²) in [6.45, 7) is 2.77. The van der Waals surface area contributed by atoms with E-state index in [0.29, 0.717) is 6.61 Å². The summed E-state index contributed by atoms with van der Waals surface area (Å²) in [6, 6.07) is 0. The summed E-state index contributed by atoms with van der Waals surface area (Å²) in [7, 11) is 4.01. The summed E-state index contributed by atoms with van der Waals surface area (Å²) >= 11 is 0. The van der Waals surface area contributed by atoms with Gasteiger partial charge in [0.1, 0.15) is 0 Å². The van der Waals surface area contributed by atoms with Crippen molar-refractivity contribution in [3.05, 3.63) is 0 Å². The van der Waals surface area contributed by atoms with Gasteiger partial charge < -0.3 is 9.64 Å². The molecule has 0 aliphatic carbocycles. The average Bonchev–Trinajstić information content (AvgIpc) is 2.45. The zero-order valence-corrected chi connectivity index (χ0v) is 11.8. The maximum Gasteiger partial charge on any atom is 0.235 e. The zero-order valence-electron chi connectivity index (χ0n) is 10.2. The van der Waals surface area contributed by atoms with Gasteiger partial charge in [-0.2, -0.15) is 0 Å². The van der Waals surface area contributed by atoms with Crippen LogP contribution in [-0.4, -0.2) is 51.9 Å². The maximum atomic E-state index is 11.2. The van der Waals surface area contributed by atoms with Gasteiger partial charge in [-0.1, -0.05) is 0 Å². The highest BCUT2D eigenvalue weighted by Crippen LogP contribution is 2.44. The van der Waals surface area contributed by atoms with Gasteiger partial charge in [-0.25, -0.2) is 8.42 Å². The highest BCUT2D eigenvalue weighted by atomic mass is 35.7. The van der Waals surface area contributed by atoms with Crippen molar-refractivity contribution in [2.24, 2.45) is 5.41 Å². The van der Waals surface area contributed by atoms with E-state index >= 15 is 0 Å². The normalized spacial score (nSPS) is 36.2. The molecular formula is C11H20ClNO3S. The third-order valence-corrected chi connectivity index (χ3v) is 5.24. The molecule has 2 rings (SSSR count). The molecule has 0 saturated carbocycles. The van der Waals surface area contributed by atoms with Crippen molar-refractivity contribution in [2.75, 3.05) is 32.5 Å². The van der Waals surface area contributed by atoms with Crippen molar-refractivity contribution in [3.63, 3.8) is 0 Å². The molecule has 2 aliphatic heterocycles. The Bertz CT molecular complexity index is 373. The fourth-order valence-electron chi connectivity index (χ4n) is 3.07. The van der Waals surface area contributed by atoms with Crippen LogP contribution in [0.15, 0.2) is 0 Å². The molecule has 6 heteroatoms. The Morgan fingerprint density at radius 1 is 1.35 bits per heavy atom. The number of ether oxygens (including phenoxy) is 1. The van der Waals surface area contributed by atoms with E-state index in [1.165, 1.54) is 0 Å². The summed E-state index contributed by atoms with van der Waals surface area (Å²) < 4.78 is 28.1. The number of hydrogen-bond acceptors (Lipinski definition) is 4. The van der Waals surface area contributed by atoms with E-state index in [4.69, 9.17) is 15.4 Å². The van der Waals surface area contributed by atoms with E-state index < -0.39 is 9.05 Å². The molecule has 2 unspecified atom stereocenters. The first-order valence-corrected chi connectivity index (χ1v) is 8.62. The fourth-order valence-corrected chi connectivity index (χ4v) is 4.23. The van der Waals surface area contributed by atoms with Crippen LogP contribution in [0, 0.1) is 5.41 Å². The van der Waals surface area contributed by atoms with Crippen molar-refractivity contribution < 1.29 is 13.2 Å². The smallest absolute Gasteiger partial charge is 0.235 e. The third-order valence-electron chi connectivity index (χ3n) is 4.16. The third kappa shape index (κ3) is 3.34. The predicted octanol–water partition coefficient (Wildman–Crippen LogP) is 1.45. The molecule has 1 spiro atoms. The second-order valence-corrected chi connectivity index (χ2v) is 8.16. The van der Waals surface area contributed by atoms with E-state index in [1.54, 1.807) is 0 Å². The topological polar surface area (TPSA) is 46.6 Å². The summed E-state index contributed by atoms with van der Waals surface area (Å²) in [4.78, 5) is 2.30. The molecule has 0 aromatic rings. The predicted molar refractivity (Wildman–Crippen MR) is 67.8 cm³/mol. The van der Waals surface area contributed by atoms with Crippen LogP contribution in [0.4, 0.5) is 0 Å². The van der Waals surface area contributed by atoms with Crippen molar-refractivity contribution >= 4 is 19.7 Å². The Morgan fingerprint density at radius 2 is 2.12 bits per heavy atom. The highest BCUT2D eigenvalue weighted by Gasteiger charge is 2.45. The van der Waals surface area contributed by atoms with Gasteiger partial charge in [0.25, 0.3) is 0 Å². The van der Waals surface area contributed by atoms with Crippen molar-refractivity contribution in [3.8, 4) is 0 Å². The van der Waals surface area contributed by atoms with Gasteiger partial charge in [0, 0.05) is 22.7 Å². The van der Waals surface area contributed by atoms with E-state index in [-0.39, 0.29) is 17.3 Å². The van der Waals surface area contributed by atoms with Gasteiger partial charge in [-0.05, 0) is 45.8 Å². The van der Waals surface area contributed by atoms with Crippen LogP contribution in [0.3, 0.4) is 0 Å². The largest absolute Gasteiger partial charge is 0.377 e. The molecule has 0 bridgehead atoms. The molecule has 2 heterocycles. The van der Waals surface area contributed by atoms with E-state index in [0.717, 1.165) is 38.8 Å². The second-order valence-electron chi connectivity index (χ2n) is 5.33. The molecule has 0 amide bonds. The molecule has 0 aromatic heterocycles. The maximum absolute atomic E-state index is 11.2. The second kappa shape index (κ2) is 5.03. The Labute approximate surface area is 108 Å². The number of hydrogen-bond donors (Lipinski definition) is 0. The molecule has 17 heavy (non-hydrogen) atoms. The van der Waals surface area contributed by atoms with Crippen molar-refractivity contribution in [2.45, 2.75) is 31.8 Å². The molecular weight excluding hydrogens is 262 g/mol. The lowest BCUT2D eigenvalue weighted by Crippen LogP contribution is -2.36. The van der Waals surface area contributed by atoms with E-state index in [9.17, 15) is 8.42 Å². The molecule has 0 N–H and O–H groups in total. The number of nitrogens with zero attached hydrogens (tertiary/aromatic N) is 1. The number of halogens is 1. The van der Waals surface area contributed by atoms with Crippen LogP contribution in [0.5, 0.6) is 0 Å². The van der Waals surface area contributed by atoms with Gasteiger partial charge in [0.05, 0.1) is 11.9 Å². The monoisotopic (exact) mass is 281 g/mol. The van der Waals surface area contributed by atoms with Gasteiger partial charge in [0.15, 0.2) is 0 Å². The Balaban J connectivity index is 2.11. The Kier molecular flexibility index (Phi) is 4.02. The first-order chi connectivity index (χ1) is 7.91. The molecule has 2 atom stereocenters. The van der Waals surface area contributed by atoms with E-state index in [1.807, 2.05) is 0 Å². The molecule has 2 saturated heterocycles. The minimum Gasteiger partial charge on any atom is -0.377 e. The fraction of sp³-hybridized carbons (Fsp3) is 1.00. The lowest BCUT2D eigenvalue weighted by molar-refractivity contribution is 0.0583. The lowest BCUT2D eigenvalue weighted by Gasteiger charge is -2.32. The van der Waals surface area contributed by atoms with Crippen LogP contribution in [0.1, 0.15) is 25.7 Å². The summed E-state index contributed by atoms with van der Waals surface area (Å²) in [5.41, 5.74) is 0.0344. The van der Waals surface area contributed by atoms with Gasteiger partial charge in [-0.15, -0.1) is 0 Å². The van der Waals surface area contributed by atoms with E-state index in [2.05, 4.69) is 11.9 Å². The summed E-state index contributed by atoms with van der Waals surface area (Å²) in [6.07, 6.45) is 3.93. The Morgan fingerprint density at radius 3 is 2.82 bits per heavy atom. The van der Waals surface area contributed by atoms with Crippen LogP contribution in [0.2, 0.25) is 0 Å². The first-order valence-electron chi connectivity index (χ1n) is 6.14. The van der Waals surface area contributed by atoms with Crippen molar-refractivity contribution in [1.29, 1.82) is 0 Å². The SMILES string of the molecule is CN1CCCC2(CCOC2CS(=O)(=O)Cl)CC1. The van der Waals surface area contributed by atoms with Crippen LogP contribution >= 0.6 is 10.7 Å². The summed E-state index contributed by atoms with van der Waals surface area (Å²) in [5.74, 6) is -0.0434. The molecule has 4 nitrogen and oxygen atoms in total. The van der Waals surface area contributed by atoms with Crippen LogP contribution < -0.4 is 0 Å². The zero-order chi connectivity index (χ0) is 12.5. The number of rotatable bonds is 2. The lowest BCUT2D eigenvalue weighted by atomic mass is 9.75. The minimum atomic E-state index is -3.47.